The Labute approximate surface area is 171 Å². The second kappa shape index (κ2) is 7.81. The van der Waals surface area contributed by atoms with E-state index in [1.54, 1.807) is 19.1 Å². The van der Waals surface area contributed by atoms with Crippen molar-refractivity contribution in [3.05, 3.63) is 35.4 Å². The van der Waals surface area contributed by atoms with Gasteiger partial charge in [0.15, 0.2) is 0 Å². The van der Waals surface area contributed by atoms with Gasteiger partial charge in [-0.15, -0.1) is 0 Å². The number of hydrogen-bond donors (Lipinski definition) is 3. The lowest BCUT2D eigenvalue weighted by Crippen LogP contribution is -2.53. The molecule has 0 aromatic heterocycles. The highest BCUT2D eigenvalue weighted by molar-refractivity contribution is 5.96. The summed E-state index contributed by atoms with van der Waals surface area (Å²) in [6.07, 6.45) is 7.42. The number of hydrogen-bond acceptors (Lipinski definition) is 3. The molecule has 6 heteroatoms. The summed E-state index contributed by atoms with van der Waals surface area (Å²) < 4.78 is 0. The maximum absolute atomic E-state index is 13.0. The Hall–Kier alpha value is -2.37. The van der Waals surface area contributed by atoms with Crippen molar-refractivity contribution in [1.82, 2.24) is 10.6 Å². The minimum absolute atomic E-state index is 0.152. The zero-order valence-electron chi connectivity index (χ0n) is 16.9. The molecule has 0 saturated heterocycles. The molecule has 1 aromatic carbocycles. The van der Waals surface area contributed by atoms with Gasteiger partial charge in [-0.05, 0) is 80.4 Å². The Morgan fingerprint density at radius 1 is 1.03 bits per heavy atom. The van der Waals surface area contributed by atoms with E-state index in [1.807, 2.05) is 12.1 Å². The summed E-state index contributed by atoms with van der Waals surface area (Å²) in [6.45, 7) is 2.17. The number of carbonyl (C=O) groups is 3. The maximum atomic E-state index is 13.0. The number of benzene rings is 1. The van der Waals surface area contributed by atoms with Crippen LogP contribution < -0.4 is 10.6 Å². The first-order chi connectivity index (χ1) is 13.9. The first kappa shape index (κ1) is 19.9. The maximum Gasteiger partial charge on any atom is 0.326 e. The van der Waals surface area contributed by atoms with Crippen LogP contribution >= 0.6 is 0 Å². The van der Waals surface area contributed by atoms with Gasteiger partial charge in [-0.1, -0.05) is 19.1 Å². The number of nitrogens with one attached hydrogen (secondary N) is 2. The SMILES string of the molecule is CCC(NC(=O)c1ccc(CNC(=O)C23CC4CC(CC(C4)C2)C3)cc1)C(=O)O. The van der Waals surface area contributed by atoms with Crippen LogP contribution in [0.5, 0.6) is 0 Å². The summed E-state index contributed by atoms with van der Waals surface area (Å²) in [5.74, 6) is 0.978. The fourth-order valence-corrected chi connectivity index (χ4v) is 6.11. The average molecular weight is 399 g/mol. The standard InChI is InChI=1S/C23H30N2O4/c1-2-19(21(27)28)25-20(26)18-5-3-14(4-6-18)13-24-22(29)23-10-15-7-16(11-23)9-17(8-15)12-23/h3-6,15-17,19H,2,7-13H2,1H3,(H,24,29)(H,25,26)(H,27,28). The minimum Gasteiger partial charge on any atom is -0.480 e. The largest absolute Gasteiger partial charge is 0.480 e. The molecule has 4 fully saturated rings. The van der Waals surface area contributed by atoms with Crippen molar-refractivity contribution in [3.8, 4) is 0 Å². The normalized spacial score (nSPS) is 30.6. The molecule has 1 aromatic rings. The second-order valence-corrected chi connectivity index (χ2v) is 9.35. The highest BCUT2D eigenvalue weighted by Gasteiger charge is 2.54. The van der Waals surface area contributed by atoms with E-state index in [1.165, 1.54) is 19.3 Å². The Morgan fingerprint density at radius 2 is 1.59 bits per heavy atom. The lowest BCUT2D eigenvalue weighted by Gasteiger charge is -2.55. The van der Waals surface area contributed by atoms with Gasteiger partial charge in [-0.3, -0.25) is 9.59 Å². The van der Waals surface area contributed by atoms with Crippen molar-refractivity contribution in [2.75, 3.05) is 0 Å². The molecule has 3 N–H and O–H groups in total. The molecule has 1 unspecified atom stereocenters. The third kappa shape index (κ3) is 4.02. The van der Waals surface area contributed by atoms with Crippen LogP contribution in [0.25, 0.3) is 0 Å². The number of carboxylic acid groups (broad SMARTS) is 1. The zero-order chi connectivity index (χ0) is 20.6. The van der Waals surface area contributed by atoms with E-state index in [4.69, 9.17) is 5.11 Å². The molecule has 0 heterocycles. The Kier molecular flexibility index (Phi) is 5.36. The molecule has 0 radical (unpaired) electrons. The molecular weight excluding hydrogens is 368 g/mol. The van der Waals surface area contributed by atoms with Crippen molar-refractivity contribution < 1.29 is 19.5 Å². The van der Waals surface area contributed by atoms with Crippen LogP contribution in [0.3, 0.4) is 0 Å². The van der Waals surface area contributed by atoms with Crippen LogP contribution in [0.2, 0.25) is 0 Å². The van der Waals surface area contributed by atoms with Crippen molar-refractivity contribution >= 4 is 17.8 Å². The van der Waals surface area contributed by atoms with Crippen LogP contribution in [0.4, 0.5) is 0 Å². The van der Waals surface area contributed by atoms with E-state index >= 15 is 0 Å². The summed E-state index contributed by atoms with van der Waals surface area (Å²) in [6, 6.07) is 6.10. The lowest BCUT2D eigenvalue weighted by molar-refractivity contribution is -0.146. The van der Waals surface area contributed by atoms with Crippen LogP contribution in [0, 0.1) is 23.2 Å². The minimum atomic E-state index is -1.04. The van der Waals surface area contributed by atoms with Gasteiger partial charge in [0.2, 0.25) is 5.91 Å². The number of carbonyl (C=O) groups excluding carboxylic acids is 2. The Bertz CT molecular complexity index is 766. The molecule has 29 heavy (non-hydrogen) atoms. The molecule has 6 nitrogen and oxygen atoms in total. The molecule has 1 atom stereocenters. The summed E-state index contributed by atoms with van der Waals surface area (Å²) in [7, 11) is 0. The van der Waals surface area contributed by atoms with Gasteiger partial charge in [-0.2, -0.15) is 0 Å². The summed E-state index contributed by atoms with van der Waals surface area (Å²) in [5.41, 5.74) is 1.20. The predicted molar refractivity (Wildman–Crippen MR) is 108 cm³/mol. The molecule has 4 bridgehead atoms. The highest BCUT2D eigenvalue weighted by Crippen LogP contribution is 2.60. The highest BCUT2D eigenvalue weighted by atomic mass is 16.4. The van der Waals surface area contributed by atoms with E-state index < -0.39 is 17.9 Å². The quantitative estimate of drug-likeness (QED) is 0.658. The van der Waals surface area contributed by atoms with Crippen molar-refractivity contribution in [3.63, 3.8) is 0 Å². The second-order valence-electron chi connectivity index (χ2n) is 9.35. The summed E-state index contributed by atoms with van der Waals surface area (Å²) in [5, 5.41) is 14.7. The number of aliphatic carboxylic acids is 1. The molecule has 0 spiro atoms. The van der Waals surface area contributed by atoms with Crippen LogP contribution in [0.15, 0.2) is 24.3 Å². The fraction of sp³-hybridized carbons (Fsp3) is 0.609. The molecule has 0 aliphatic heterocycles. The van der Waals surface area contributed by atoms with Gasteiger partial charge in [0.05, 0.1) is 0 Å². The Morgan fingerprint density at radius 3 is 2.07 bits per heavy atom. The van der Waals surface area contributed by atoms with Gasteiger partial charge in [0.1, 0.15) is 6.04 Å². The topological polar surface area (TPSA) is 95.5 Å². The van der Waals surface area contributed by atoms with Gasteiger partial charge >= 0.3 is 5.97 Å². The third-order valence-corrected chi connectivity index (χ3v) is 7.20. The van der Waals surface area contributed by atoms with E-state index in [0.29, 0.717) is 18.5 Å². The Balaban J connectivity index is 1.33. The first-order valence-corrected chi connectivity index (χ1v) is 10.8. The molecule has 4 saturated carbocycles. The monoisotopic (exact) mass is 398 g/mol. The van der Waals surface area contributed by atoms with Gasteiger partial charge in [0.25, 0.3) is 5.91 Å². The molecule has 156 valence electrons. The third-order valence-electron chi connectivity index (χ3n) is 7.20. The van der Waals surface area contributed by atoms with Crippen LogP contribution in [-0.4, -0.2) is 28.9 Å². The molecule has 2 amide bonds. The van der Waals surface area contributed by atoms with Crippen molar-refractivity contribution in [2.24, 2.45) is 23.2 Å². The number of carboxylic acids is 1. The average Bonchev–Trinajstić information content (AvgIpc) is 2.69. The van der Waals surface area contributed by atoms with Crippen LogP contribution in [0.1, 0.15) is 67.8 Å². The van der Waals surface area contributed by atoms with Gasteiger partial charge in [0, 0.05) is 17.5 Å². The predicted octanol–water partition coefficient (Wildman–Crippen LogP) is 3.11. The van der Waals surface area contributed by atoms with E-state index in [0.717, 1.165) is 42.6 Å². The zero-order valence-corrected chi connectivity index (χ0v) is 16.9. The number of rotatable bonds is 7. The van der Waals surface area contributed by atoms with E-state index in [-0.39, 0.29) is 11.3 Å². The first-order valence-electron chi connectivity index (χ1n) is 10.8. The van der Waals surface area contributed by atoms with Crippen LogP contribution in [-0.2, 0) is 16.1 Å². The van der Waals surface area contributed by atoms with Gasteiger partial charge < -0.3 is 15.7 Å². The van der Waals surface area contributed by atoms with Crippen molar-refractivity contribution in [2.45, 2.75) is 64.5 Å². The van der Waals surface area contributed by atoms with E-state index in [2.05, 4.69) is 10.6 Å². The van der Waals surface area contributed by atoms with Crippen molar-refractivity contribution in [1.29, 1.82) is 0 Å². The molecule has 5 rings (SSSR count). The summed E-state index contributed by atoms with van der Waals surface area (Å²) >= 11 is 0. The summed E-state index contributed by atoms with van der Waals surface area (Å²) in [4.78, 5) is 36.3. The van der Waals surface area contributed by atoms with E-state index in [9.17, 15) is 14.4 Å². The smallest absolute Gasteiger partial charge is 0.326 e. The molecule has 4 aliphatic carbocycles. The fourth-order valence-electron chi connectivity index (χ4n) is 6.11. The lowest BCUT2D eigenvalue weighted by atomic mass is 9.49. The molecular formula is C23H30N2O4. The van der Waals surface area contributed by atoms with Gasteiger partial charge in [-0.25, -0.2) is 4.79 Å². The molecule has 4 aliphatic rings. The number of amides is 2.